The molecule has 1 saturated heterocycles. The number of hydrogen-bond acceptors (Lipinski definition) is 4. The molecular weight excluding hydrogens is 369 g/mol. The molecular formula is C16H11ClFN3O3S. The van der Waals surface area contributed by atoms with Crippen LogP contribution >= 0.6 is 22.9 Å². The molecule has 6 nitrogen and oxygen atoms in total. The minimum Gasteiger partial charge on any atom is -0.322 e. The minimum atomic E-state index is -0.720. The molecule has 128 valence electrons. The highest BCUT2D eigenvalue weighted by Crippen LogP contribution is 2.24. The topological polar surface area (TPSA) is 78.5 Å². The molecule has 2 heterocycles. The molecule has 0 spiro atoms. The van der Waals surface area contributed by atoms with Crippen molar-refractivity contribution in [2.45, 2.75) is 0 Å². The molecule has 9 heteroatoms. The minimum absolute atomic E-state index is 0.0245. The van der Waals surface area contributed by atoms with E-state index in [9.17, 15) is 18.8 Å². The summed E-state index contributed by atoms with van der Waals surface area (Å²) in [7, 11) is 0. The number of carbonyl (C=O) groups is 3. The van der Waals surface area contributed by atoms with Crippen molar-refractivity contribution in [3.05, 3.63) is 57.1 Å². The standard InChI is InChI=1S/C16H11ClFN3O3S/c17-13-6-5-9(25-13)7-12-15(23)21(16(24)20-12)8-14(22)19-11-4-2-1-3-10(11)18/h1-7H,8H2,(H,19,22)(H,20,24). The van der Waals surface area contributed by atoms with Gasteiger partial charge in [0.25, 0.3) is 5.91 Å². The van der Waals surface area contributed by atoms with E-state index in [-0.39, 0.29) is 11.4 Å². The number of imide groups is 1. The van der Waals surface area contributed by atoms with Crippen LogP contribution in [0.2, 0.25) is 4.34 Å². The second-order valence-corrected chi connectivity index (χ2v) is 6.80. The first-order valence-corrected chi connectivity index (χ1v) is 8.28. The number of rotatable bonds is 4. The number of nitrogens with zero attached hydrogens (tertiary/aromatic N) is 1. The number of hydrogen-bond donors (Lipinski definition) is 2. The van der Waals surface area contributed by atoms with E-state index in [0.29, 0.717) is 9.21 Å². The summed E-state index contributed by atoms with van der Waals surface area (Å²) in [6, 6.07) is 8.26. The maximum absolute atomic E-state index is 13.5. The second kappa shape index (κ2) is 7.04. The van der Waals surface area contributed by atoms with Gasteiger partial charge in [0.1, 0.15) is 18.1 Å². The van der Waals surface area contributed by atoms with Gasteiger partial charge in [-0.25, -0.2) is 14.1 Å². The molecule has 3 rings (SSSR count). The molecule has 2 N–H and O–H groups in total. The number of benzene rings is 1. The Bertz CT molecular complexity index is 896. The quantitative estimate of drug-likeness (QED) is 0.633. The van der Waals surface area contributed by atoms with Crippen LogP contribution in [0.3, 0.4) is 0 Å². The fourth-order valence-corrected chi connectivity index (χ4v) is 3.16. The van der Waals surface area contributed by atoms with Crippen molar-refractivity contribution in [3.8, 4) is 0 Å². The summed E-state index contributed by atoms with van der Waals surface area (Å²) in [5, 5.41) is 4.72. The van der Waals surface area contributed by atoms with Gasteiger partial charge in [0.2, 0.25) is 5.91 Å². The maximum atomic E-state index is 13.5. The van der Waals surface area contributed by atoms with Crippen LogP contribution in [0.15, 0.2) is 42.1 Å². The van der Waals surface area contributed by atoms with Gasteiger partial charge in [-0.1, -0.05) is 23.7 Å². The van der Waals surface area contributed by atoms with Crippen LogP contribution in [0, 0.1) is 5.82 Å². The van der Waals surface area contributed by atoms with Gasteiger partial charge in [0.15, 0.2) is 0 Å². The highest BCUT2D eigenvalue weighted by atomic mass is 35.5. The molecule has 1 fully saturated rings. The fourth-order valence-electron chi connectivity index (χ4n) is 2.16. The van der Waals surface area contributed by atoms with Gasteiger partial charge in [-0.3, -0.25) is 9.59 Å². The first-order valence-electron chi connectivity index (χ1n) is 7.08. The molecule has 1 aromatic heterocycles. The molecule has 0 aliphatic carbocycles. The van der Waals surface area contributed by atoms with Gasteiger partial charge in [-0.15, -0.1) is 11.3 Å². The Morgan fingerprint density at radius 1 is 1.28 bits per heavy atom. The van der Waals surface area contributed by atoms with Crippen LogP contribution < -0.4 is 10.6 Å². The molecule has 4 amide bonds. The lowest BCUT2D eigenvalue weighted by Gasteiger charge is -2.12. The normalized spacial score (nSPS) is 15.6. The third-order valence-electron chi connectivity index (χ3n) is 3.29. The number of nitrogens with one attached hydrogen (secondary N) is 2. The second-order valence-electron chi connectivity index (χ2n) is 5.05. The van der Waals surface area contributed by atoms with Crippen molar-refractivity contribution in [2.75, 3.05) is 11.9 Å². The highest BCUT2D eigenvalue weighted by molar-refractivity contribution is 7.17. The van der Waals surface area contributed by atoms with Gasteiger partial charge in [-0.2, -0.15) is 0 Å². The van der Waals surface area contributed by atoms with Gasteiger partial charge >= 0.3 is 6.03 Å². The summed E-state index contributed by atoms with van der Waals surface area (Å²) in [5.41, 5.74) is 0.0192. The Hall–Kier alpha value is -2.71. The van der Waals surface area contributed by atoms with Crippen molar-refractivity contribution < 1.29 is 18.8 Å². The molecule has 25 heavy (non-hydrogen) atoms. The van der Waals surface area contributed by atoms with E-state index in [1.54, 1.807) is 18.2 Å². The Morgan fingerprint density at radius 3 is 2.72 bits per heavy atom. The van der Waals surface area contributed by atoms with Crippen LogP contribution in [-0.2, 0) is 9.59 Å². The number of amides is 4. The summed E-state index contributed by atoms with van der Waals surface area (Å²) in [5.74, 6) is -1.93. The van der Waals surface area contributed by atoms with Crippen molar-refractivity contribution >= 4 is 52.5 Å². The summed E-state index contributed by atoms with van der Waals surface area (Å²) in [4.78, 5) is 37.6. The molecule has 1 aliphatic heterocycles. The maximum Gasteiger partial charge on any atom is 0.329 e. The molecule has 0 unspecified atom stereocenters. The Labute approximate surface area is 150 Å². The zero-order valence-electron chi connectivity index (χ0n) is 12.6. The number of anilines is 1. The molecule has 2 aromatic rings. The van der Waals surface area contributed by atoms with Gasteiger partial charge < -0.3 is 10.6 Å². The van der Waals surface area contributed by atoms with Crippen LogP contribution in [0.4, 0.5) is 14.9 Å². The molecule has 0 atom stereocenters. The van der Waals surface area contributed by atoms with E-state index in [1.165, 1.54) is 35.6 Å². The average Bonchev–Trinajstić information content (AvgIpc) is 3.08. The van der Waals surface area contributed by atoms with Crippen LogP contribution in [0.1, 0.15) is 4.88 Å². The average molecular weight is 380 g/mol. The van der Waals surface area contributed by atoms with Crippen molar-refractivity contribution in [1.29, 1.82) is 0 Å². The number of thiophene rings is 1. The van der Waals surface area contributed by atoms with Crippen molar-refractivity contribution in [3.63, 3.8) is 0 Å². The van der Waals surface area contributed by atoms with Gasteiger partial charge in [-0.05, 0) is 30.3 Å². The Balaban J connectivity index is 1.69. The van der Waals surface area contributed by atoms with E-state index in [1.807, 2.05) is 0 Å². The van der Waals surface area contributed by atoms with Crippen LogP contribution in [0.5, 0.6) is 0 Å². The number of para-hydroxylation sites is 1. The Morgan fingerprint density at radius 2 is 2.04 bits per heavy atom. The van der Waals surface area contributed by atoms with E-state index in [2.05, 4.69) is 10.6 Å². The molecule has 1 aliphatic rings. The van der Waals surface area contributed by atoms with E-state index >= 15 is 0 Å². The largest absolute Gasteiger partial charge is 0.329 e. The number of urea groups is 1. The summed E-state index contributed by atoms with van der Waals surface area (Å²) in [6.07, 6.45) is 1.48. The first kappa shape index (κ1) is 17.1. The number of halogens is 2. The summed E-state index contributed by atoms with van der Waals surface area (Å²) >= 11 is 7.06. The molecule has 0 radical (unpaired) electrons. The lowest BCUT2D eigenvalue weighted by Crippen LogP contribution is -2.38. The molecule has 0 saturated carbocycles. The van der Waals surface area contributed by atoms with E-state index in [0.717, 1.165) is 4.90 Å². The third-order valence-corrected chi connectivity index (χ3v) is 4.47. The van der Waals surface area contributed by atoms with Crippen LogP contribution in [-0.4, -0.2) is 29.3 Å². The predicted molar refractivity (Wildman–Crippen MR) is 92.6 cm³/mol. The van der Waals surface area contributed by atoms with Gasteiger partial charge in [0.05, 0.1) is 10.0 Å². The molecule has 0 bridgehead atoms. The zero-order chi connectivity index (χ0) is 18.0. The van der Waals surface area contributed by atoms with Gasteiger partial charge in [0, 0.05) is 4.88 Å². The molecule has 1 aromatic carbocycles. The zero-order valence-corrected chi connectivity index (χ0v) is 14.2. The van der Waals surface area contributed by atoms with E-state index < -0.39 is 30.2 Å². The van der Waals surface area contributed by atoms with E-state index in [4.69, 9.17) is 11.6 Å². The van der Waals surface area contributed by atoms with Crippen LogP contribution in [0.25, 0.3) is 6.08 Å². The highest BCUT2D eigenvalue weighted by Gasteiger charge is 2.35. The fraction of sp³-hybridized carbons (Fsp3) is 0.0625. The Kier molecular flexibility index (Phi) is 4.82. The third kappa shape index (κ3) is 3.86. The predicted octanol–water partition coefficient (Wildman–Crippen LogP) is 3.07. The SMILES string of the molecule is O=C(CN1C(=O)NC(=Cc2ccc(Cl)s2)C1=O)Nc1ccccc1F. The number of carbonyl (C=O) groups excluding carboxylic acids is 3. The lowest BCUT2D eigenvalue weighted by molar-refractivity contribution is -0.127. The smallest absolute Gasteiger partial charge is 0.322 e. The first-order chi connectivity index (χ1) is 11.9. The summed E-state index contributed by atoms with van der Waals surface area (Å²) < 4.78 is 14.1. The monoisotopic (exact) mass is 379 g/mol. The summed E-state index contributed by atoms with van der Waals surface area (Å²) in [6.45, 7) is -0.526. The van der Waals surface area contributed by atoms with Crippen molar-refractivity contribution in [2.24, 2.45) is 0 Å². The lowest BCUT2D eigenvalue weighted by atomic mass is 10.3. The van der Waals surface area contributed by atoms with Crippen molar-refractivity contribution in [1.82, 2.24) is 10.2 Å².